The summed E-state index contributed by atoms with van der Waals surface area (Å²) in [5, 5.41) is 3.40. The Morgan fingerprint density at radius 3 is 2.67 bits per heavy atom. The second-order valence-electron chi connectivity index (χ2n) is 4.76. The van der Waals surface area contributed by atoms with E-state index in [4.69, 9.17) is 0 Å². The Kier molecular flexibility index (Phi) is 3.41. The van der Waals surface area contributed by atoms with E-state index in [9.17, 15) is 0 Å². The number of aromatic nitrogens is 2. The van der Waals surface area contributed by atoms with Gasteiger partial charge in [0.05, 0.1) is 6.04 Å². The van der Waals surface area contributed by atoms with E-state index in [2.05, 4.69) is 22.2 Å². The second-order valence-corrected chi connectivity index (χ2v) is 4.76. The van der Waals surface area contributed by atoms with Gasteiger partial charge in [-0.2, -0.15) is 0 Å². The van der Waals surface area contributed by atoms with E-state index in [1.807, 2.05) is 19.4 Å². The molecule has 84 valence electrons. The summed E-state index contributed by atoms with van der Waals surface area (Å²) in [4.78, 5) is 7.59. The SMILES string of the molecule is CNC(c1ncc[nH]1)C1CCC(C)CC1. The summed E-state index contributed by atoms with van der Waals surface area (Å²) in [5.41, 5.74) is 0. The van der Waals surface area contributed by atoms with Crippen LogP contribution in [-0.4, -0.2) is 17.0 Å². The van der Waals surface area contributed by atoms with Crippen molar-refractivity contribution in [2.45, 2.75) is 38.6 Å². The van der Waals surface area contributed by atoms with Gasteiger partial charge in [0.2, 0.25) is 0 Å². The van der Waals surface area contributed by atoms with Crippen LogP contribution >= 0.6 is 0 Å². The van der Waals surface area contributed by atoms with Gasteiger partial charge in [-0.25, -0.2) is 4.98 Å². The van der Waals surface area contributed by atoms with E-state index in [0.29, 0.717) is 6.04 Å². The first-order chi connectivity index (χ1) is 7.31. The van der Waals surface area contributed by atoms with Crippen molar-refractivity contribution in [3.05, 3.63) is 18.2 Å². The molecule has 3 heteroatoms. The zero-order valence-electron chi connectivity index (χ0n) is 9.66. The van der Waals surface area contributed by atoms with Crippen LogP contribution in [0.4, 0.5) is 0 Å². The van der Waals surface area contributed by atoms with Crippen molar-refractivity contribution in [3.8, 4) is 0 Å². The molecular weight excluding hydrogens is 186 g/mol. The Balaban J connectivity index is 2.01. The molecule has 0 aromatic carbocycles. The van der Waals surface area contributed by atoms with Crippen molar-refractivity contribution in [1.29, 1.82) is 0 Å². The quantitative estimate of drug-likeness (QED) is 0.799. The van der Waals surface area contributed by atoms with Crippen LogP contribution in [-0.2, 0) is 0 Å². The maximum absolute atomic E-state index is 4.36. The molecule has 1 heterocycles. The van der Waals surface area contributed by atoms with Crippen LogP contribution in [0.25, 0.3) is 0 Å². The molecule has 2 rings (SSSR count). The predicted octanol–water partition coefficient (Wildman–Crippen LogP) is 2.50. The molecular formula is C12H21N3. The number of hydrogen-bond donors (Lipinski definition) is 2. The minimum absolute atomic E-state index is 0.410. The van der Waals surface area contributed by atoms with Gasteiger partial charge in [-0.3, -0.25) is 0 Å². The molecule has 1 fully saturated rings. The number of aromatic amines is 1. The lowest BCUT2D eigenvalue weighted by Crippen LogP contribution is -2.29. The molecule has 1 aliphatic carbocycles. The summed E-state index contributed by atoms with van der Waals surface area (Å²) in [6, 6.07) is 0.410. The van der Waals surface area contributed by atoms with Gasteiger partial charge in [0.25, 0.3) is 0 Å². The average molecular weight is 207 g/mol. The lowest BCUT2D eigenvalue weighted by atomic mass is 9.79. The van der Waals surface area contributed by atoms with Gasteiger partial charge < -0.3 is 10.3 Å². The molecule has 0 saturated heterocycles. The van der Waals surface area contributed by atoms with Crippen LogP contribution < -0.4 is 5.32 Å². The van der Waals surface area contributed by atoms with Crippen LogP contribution in [0.2, 0.25) is 0 Å². The number of imidazole rings is 1. The summed E-state index contributed by atoms with van der Waals surface area (Å²) in [7, 11) is 2.03. The van der Waals surface area contributed by atoms with Crippen LogP contribution in [0.3, 0.4) is 0 Å². The van der Waals surface area contributed by atoms with E-state index in [1.54, 1.807) is 0 Å². The fourth-order valence-electron chi connectivity index (χ4n) is 2.66. The van der Waals surface area contributed by atoms with Gasteiger partial charge in [-0.15, -0.1) is 0 Å². The molecule has 0 aliphatic heterocycles. The number of nitrogens with one attached hydrogen (secondary N) is 2. The van der Waals surface area contributed by atoms with Crippen molar-refractivity contribution in [2.75, 3.05) is 7.05 Å². The van der Waals surface area contributed by atoms with Crippen molar-refractivity contribution >= 4 is 0 Å². The highest BCUT2D eigenvalue weighted by Gasteiger charge is 2.27. The third kappa shape index (κ3) is 2.40. The number of nitrogens with zero attached hydrogens (tertiary/aromatic N) is 1. The van der Waals surface area contributed by atoms with Crippen molar-refractivity contribution in [3.63, 3.8) is 0 Å². The second kappa shape index (κ2) is 4.79. The van der Waals surface area contributed by atoms with Gasteiger partial charge in [-0.1, -0.05) is 19.8 Å². The number of hydrogen-bond acceptors (Lipinski definition) is 2. The summed E-state index contributed by atoms with van der Waals surface area (Å²) < 4.78 is 0. The van der Waals surface area contributed by atoms with E-state index in [1.165, 1.54) is 25.7 Å². The minimum atomic E-state index is 0.410. The predicted molar refractivity (Wildman–Crippen MR) is 61.5 cm³/mol. The molecule has 1 aromatic heterocycles. The lowest BCUT2D eigenvalue weighted by molar-refractivity contribution is 0.233. The van der Waals surface area contributed by atoms with Crippen molar-refractivity contribution in [1.82, 2.24) is 15.3 Å². The molecule has 1 atom stereocenters. The Bertz CT molecular complexity index is 273. The summed E-state index contributed by atoms with van der Waals surface area (Å²) >= 11 is 0. The summed E-state index contributed by atoms with van der Waals surface area (Å²) in [5.74, 6) is 2.75. The van der Waals surface area contributed by atoms with E-state index >= 15 is 0 Å². The average Bonchev–Trinajstić information content (AvgIpc) is 2.75. The maximum Gasteiger partial charge on any atom is 0.123 e. The van der Waals surface area contributed by atoms with Gasteiger partial charge in [-0.05, 0) is 31.7 Å². The fourth-order valence-corrected chi connectivity index (χ4v) is 2.66. The van der Waals surface area contributed by atoms with Crippen molar-refractivity contribution in [2.24, 2.45) is 11.8 Å². The highest BCUT2D eigenvalue weighted by atomic mass is 15.0. The van der Waals surface area contributed by atoms with Crippen LogP contribution in [0.15, 0.2) is 12.4 Å². The van der Waals surface area contributed by atoms with Gasteiger partial charge in [0.1, 0.15) is 5.82 Å². The Morgan fingerprint density at radius 1 is 1.40 bits per heavy atom. The third-order valence-corrected chi connectivity index (χ3v) is 3.66. The first-order valence-corrected chi connectivity index (χ1v) is 5.97. The zero-order valence-corrected chi connectivity index (χ0v) is 9.66. The molecule has 1 aromatic rings. The molecule has 0 bridgehead atoms. The molecule has 1 unspecified atom stereocenters. The Labute approximate surface area is 91.7 Å². The first-order valence-electron chi connectivity index (χ1n) is 5.97. The van der Waals surface area contributed by atoms with E-state index in [0.717, 1.165) is 17.7 Å². The molecule has 15 heavy (non-hydrogen) atoms. The number of rotatable bonds is 3. The zero-order chi connectivity index (χ0) is 10.7. The molecule has 0 spiro atoms. The van der Waals surface area contributed by atoms with Gasteiger partial charge >= 0.3 is 0 Å². The lowest BCUT2D eigenvalue weighted by Gasteiger charge is -2.31. The Hall–Kier alpha value is -0.830. The smallest absolute Gasteiger partial charge is 0.123 e. The fraction of sp³-hybridized carbons (Fsp3) is 0.750. The largest absolute Gasteiger partial charge is 0.347 e. The van der Waals surface area contributed by atoms with Gasteiger partial charge in [0, 0.05) is 12.4 Å². The van der Waals surface area contributed by atoms with Crippen LogP contribution in [0, 0.1) is 11.8 Å². The first kappa shape index (κ1) is 10.7. The van der Waals surface area contributed by atoms with Gasteiger partial charge in [0.15, 0.2) is 0 Å². The summed E-state index contributed by atoms with van der Waals surface area (Å²) in [6.45, 7) is 2.36. The minimum Gasteiger partial charge on any atom is -0.347 e. The third-order valence-electron chi connectivity index (χ3n) is 3.66. The van der Waals surface area contributed by atoms with E-state index < -0.39 is 0 Å². The standard InChI is InChI=1S/C12H21N3/c1-9-3-5-10(6-4-9)11(13-2)12-14-7-8-15-12/h7-11,13H,3-6H2,1-2H3,(H,14,15). The Morgan fingerprint density at radius 2 is 2.13 bits per heavy atom. The molecule has 1 saturated carbocycles. The molecule has 2 N–H and O–H groups in total. The highest BCUT2D eigenvalue weighted by molar-refractivity contribution is 4.98. The summed E-state index contributed by atoms with van der Waals surface area (Å²) in [6.07, 6.45) is 9.13. The van der Waals surface area contributed by atoms with Crippen LogP contribution in [0.5, 0.6) is 0 Å². The highest BCUT2D eigenvalue weighted by Crippen LogP contribution is 2.35. The van der Waals surface area contributed by atoms with Crippen molar-refractivity contribution < 1.29 is 0 Å². The monoisotopic (exact) mass is 207 g/mol. The van der Waals surface area contributed by atoms with Crippen LogP contribution in [0.1, 0.15) is 44.5 Å². The normalized spacial score (nSPS) is 28.9. The molecule has 3 nitrogen and oxygen atoms in total. The molecule has 1 aliphatic rings. The van der Waals surface area contributed by atoms with E-state index in [-0.39, 0.29) is 0 Å². The number of H-pyrrole nitrogens is 1. The molecule has 0 radical (unpaired) electrons. The topological polar surface area (TPSA) is 40.7 Å². The molecule has 0 amide bonds. The maximum atomic E-state index is 4.36.